The molecule has 1 fully saturated rings. The van der Waals surface area contributed by atoms with E-state index in [0.29, 0.717) is 36.8 Å². The Morgan fingerprint density at radius 2 is 2.04 bits per heavy atom. The Kier molecular flexibility index (Phi) is 6.57. The summed E-state index contributed by atoms with van der Waals surface area (Å²) in [5.41, 5.74) is 3.54. The zero-order valence-corrected chi connectivity index (χ0v) is 16.7. The average Bonchev–Trinajstić information content (AvgIpc) is 2.99. The molecular formula is C20H21Cl2N3O3. The summed E-state index contributed by atoms with van der Waals surface area (Å²) in [5.74, 6) is -0.0974. The van der Waals surface area contributed by atoms with Gasteiger partial charge in [-0.15, -0.1) is 12.4 Å². The first-order chi connectivity index (χ1) is 13.1. The van der Waals surface area contributed by atoms with Crippen LogP contribution >= 0.6 is 24.0 Å². The fourth-order valence-electron chi connectivity index (χ4n) is 3.34. The van der Waals surface area contributed by atoms with E-state index in [4.69, 9.17) is 16.3 Å². The van der Waals surface area contributed by atoms with E-state index in [1.165, 1.54) is 0 Å². The maximum atomic E-state index is 12.3. The Labute approximate surface area is 174 Å². The van der Waals surface area contributed by atoms with Crippen LogP contribution in [0.4, 0.5) is 11.4 Å². The number of hydrogen-bond acceptors (Lipinski definition) is 4. The number of anilines is 2. The number of fused-ring (bicyclic) bond motifs is 1. The smallest absolute Gasteiger partial charge is 0.254 e. The van der Waals surface area contributed by atoms with Gasteiger partial charge in [-0.1, -0.05) is 29.8 Å². The quantitative estimate of drug-likeness (QED) is 0.795. The second kappa shape index (κ2) is 8.92. The van der Waals surface area contributed by atoms with Crippen molar-refractivity contribution in [2.75, 3.05) is 29.9 Å². The van der Waals surface area contributed by atoms with Crippen LogP contribution in [0, 0.1) is 0 Å². The maximum absolute atomic E-state index is 12.3. The Hall–Kier alpha value is -2.12. The van der Waals surface area contributed by atoms with Crippen LogP contribution in [0.15, 0.2) is 42.5 Å². The Morgan fingerprint density at radius 3 is 2.75 bits per heavy atom. The van der Waals surface area contributed by atoms with Gasteiger partial charge in [0.25, 0.3) is 5.91 Å². The number of halogens is 2. The van der Waals surface area contributed by atoms with Gasteiger partial charge in [-0.2, -0.15) is 0 Å². The number of hydrogen-bond donors (Lipinski definition) is 2. The molecule has 2 aromatic rings. The number of rotatable bonds is 4. The van der Waals surface area contributed by atoms with Crippen LogP contribution in [0.3, 0.4) is 0 Å². The molecule has 148 valence electrons. The minimum atomic E-state index is -0.470. The van der Waals surface area contributed by atoms with Crippen LogP contribution < -0.4 is 15.5 Å². The van der Waals surface area contributed by atoms with Crippen molar-refractivity contribution in [1.29, 1.82) is 0 Å². The molecule has 4 rings (SSSR count). The molecule has 1 saturated heterocycles. The summed E-state index contributed by atoms with van der Waals surface area (Å²) in [7, 11) is 0. The number of ether oxygens (including phenoxy) is 1. The van der Waals surface area contributed by atoms with E-state index >= 15 is 0 Å². The normalized spacial score (nSPS) is 18.4. The third kappa shape index (κ3) is 4.47. The first-order valence-electron chi connectivity index (χ1n) is 8.91. The van der Waals surface area contributed by atoms with E-state index in [9.17, 15) is 9.59 Å². The minimum absolute atomic E-state index is 0. The van der Waals surface area contributed by atoms with Crippen molar-refractivity contribution in [3.05, 3.63) is 58.6 Å². The molecule has 2 N–H and O–H groups in total. The van der Waals surface area contributed by atoms with Gasteiger partial charge in [-0.3, -0.25) is 9.59 Å². The molecular weight excluding hydrogens is 401 g/mol. The van der Waals surface area contributed by atoms with Gasteiger partial charge in [-0.05, 0) is 35.4 Å². The third-order valence-corrected chi connectivity index (χ3v) is 5.00. The van der Waals surface area contributed by atoms with Gasteiger partial charge in [0.1, 0.15) is 6.10 Å². The highest BCUT2D eigenvalue weighted by Gasteiger charge is 2.27. The molecule has 8 heteroatoms. The number of benzene rings is 2. The minimum Gasteiger partial charge on any atom is -0.366 e. The molecule has 0 aliphatic carbocycles. The van der Waals surface area contributed by atoms with Crippen molar-refractivity contribution in [2.24, 2.45) is 0 Å². The Bertz CT molecular complexity index is 867. The largest absolute Gasteiger partial charge is 0.366 e. The van der Waals surface area contributed by atoms with E-state index in [-0.39, 0.29) is 24.2 Å². The predicted molar refractivity (Wildman–Crippen MR) is 111 cm³/mol. The van der Waals surface area contributed by atoms with Gasteiger partial charge in [-0.25, -0.2) is 0 Å². The number of carbonyl (C=O) groups excluding carboxylic acids is 2. The summed E-state index contributed by atoms with van der Waals surface area (Å²) in [6.45, 7) is 2.29. The second-order valence-electron chi connectivity index (χ2n) is 6.68. The number of morpholine rings is 1. The molecule has 1 unspecified atom stereocenters. The molecule has 28 heavy (non-hydrogen) atoms. The topological polar surface area (TPSA) is 70.7 Å². The molecule has 2 aliphatic heterocycles. The van der Waals surface area contributed by atoms with Gasteiger partial charge >= 0.3 is 0 Å². The zero-order chi connectivity index (χ0) is 18.8. The van der Waals surface area contributed by atoms with E-state index in [0.717, 1.165) is 23.4 Å². The lowest BCUT2D eigenvalue weighted by atomic mass is 10.1. The highest BCUT2D eigenvalue weighted by molar-refractivity contribution is 6.31. The molecule has 2 heterocycles. The molecule has 1 atom stereocenters. The van der Waals surface area contributed by atoms with E-state index in [1.807, 2.05) is 36.4 Å². The average molecular weight is 422 g/mol. The Balaban J connectivity index is 0.00000225. The van der Waals surface area contributed by atoms with Gasteiger partial charge in [0.2, 0.25) is 5.91 Å². The highest BCUT2D eigenvalue weighted by Crippen LogP contribution is 2.32. The van der Waals surface area contributed by atoms with Crippen LogP contribution in [-0.2, 0) is 27.3 Å². The van der Waals surface area contributed by atoms with Crippen LogP contribution in [-0.4, -0.2) is 37.6 Å². The number of carbonyl (C=O) groups is 2. The zero-order valence-electron chi connectivity index (χ0n) is 15.1. The summed E-state index contributed by atoms with van der Waals surface area (Å²) >= 11 is 6.08. The van der Waals surface area contributed by atoms with Gasteiger partial charge in [0.05, 0.1) is 19.6 Å². The lowest BCUT2D eigenvalue weighted by Gasteiger charge is -2.22. The summed E-state index contributed by atoms with van der Waals surface area (Å²) in [4.78, 5) is 26.3. The van der Waals surface area contributed by atoms with Crippen molar-refractivity contribution >= 4 is 47.2 Å². The van der Waals surface area contributed by atoms with Crippen molar-refractivity contribution in [3.63, 3.8) is 0 Å². The van der Waals surface area contributed by atoms with Crippen molar-refractivity contribution in [1.82, 2.24) is 5.32 Å². The van der Waals surface area contributed by atoms with Crippen molar-refractivity contribution in [3.8, 4) is 0 Å². The lowest BCUT2D eigenvalue weighted by Crippen LogP contribution is -2.45. The number of nitrogens with one attached hydrogen (secondary N) is 2. The van der Waals surface area contributed by atoms with Crippen LogP contribution in [0.1, 0.15) is 11.1 Å². The highest BCUT2D eigenvalue weighted by atomic mass is 35.5. The van der Waals surface area contributed by atoms with E-state index < -0.39 is 6.10 Å². The van der Waals surface area contributed by atoms with Crippen LogP contribution in [0.5, 0.6) is 0 Å². The summed E-state index contributed by atoms with van der Waals surface area (Å²) in [6, 6.07) is 13.0. The molecule has 2 aromatic carbocycles. The summed E-state index contributed by atoms with van der Waals surface area (Å²) in [5, 5.41) is 6.61. The number of nitrogens with zero attached hydrogens (tertiary/aromatic N) is 1. The molecule has 2 amide bonds. The predicted octanol–water partition coefficient (Wildman–Crippen LogP) is 2.78. The third-order valence-electron chi connectivity index (χ3n) is 4.76. The first-order valence-corrected chi connectivity index (χ1v) is 9.29. The molecule has 6 nitrogen and oxygen atoms in total. The molecule has 0 bridgehead atoms. The van der Waals surface area contributed by atoms with E-state index in [1.54, 1.807) is 11.0 Å². The monoisotopic (exact) mass is 421 g/mol. The molecule has 0 saturated carbocycles. The summed E-state index contributed by atoms with van der Waals surface area (Å²) < 4.78 is 5.45. The van der Waals surface area contributed by atoms with Crippen LogP contribution in [0.25, 0.3) is 0 Å². The van der Waals surface area contributed by atoms with Gasteiger partial charge in [0.15, 0.2) is 0 Å². The van der Waals surface area contributed by atoms with E-state index in [2.05, 4.69) is 10.6 Å². The standard InChI is InChI=1S/C20H20ClN3O3.ClH/c21-15-4-3-14-9-19(25)24(17(14)10-15)12-13-1-5-16(6-2-13)23-20(26)18-11-22-7-8-27-18;/h1-6,10,18,22H,7-9,11-12H2,(H,23,26);1H. The van der Waals surface area contributed by atoms with Crippen molar-refractivity contribution < 1.29 is 14.3 Å². The molecule has 0 radical (unpaired) electrons. The Morgan fingerprint density at radius 1 is 1.25 bits per heavy atom. The van der Waals surface area contributed by atoms with Gasteiger partial charge < -0.3 is 20.3 Å². The first kappa shape index (κ1) is 20.6. The maximum Gasteiger partial charge on any atom is 0.254 e. The second-order valence-corrected chi connectivity index (χ2v) is 7.12. The summed E-state index contributed by atoms with van der Waals surface area (Å²) in [6.07, 6.45) is -0.0716. The fraction of sp³-hybridized carbons (Fsp3) is 0.300. The molecule has 2 aliphatic rings. The molecule has 0 aromatic heterocycles. The van der Waals surface area contributed by atoms with Gasteiger partial charge in [0, 0.05) is 29.5 Å². The number of amides is 2. The fourth-order valence-corrected chi connectivity index (χ4v) is 3.50. The molecule has 0 spiro atoms. The SMILES string of the molecule is Cl.O=C(Nc1ccc(CN2C(=O)Cc3ccc(Cl)cc32)cc1)C1CNCCO1. The van der Waals surface area contributed by atoms with Crippen molar-refractivity contribution in [2.45, 2.75) is 19.1 Å². The lowest BCUT2D eigenvalue weighted by molar-refractivity contribution is -0.128. The van der Waals surface area contributed by atoms with Crippen LogP contribution in [0.2, 0.25) is 5.02 Å².